The van der Waals surface area contributed by atoms with Crippen LogP contribution in [-0.4, -0.2) is 68.0 Å². The number of carbonyl (C=O) groups excluding carboxylic acids is 2. The van der Waals surface area contributed by atoms with Gasteiger partial charge in [0.2, 0.25) is 11.8 Å². The number of carbonyl (C=O) groups is 2. The smallest absolute Gasteiger partial charge is 0.246 e. The summed E-state index contributed by atoms with van der Waals surface area (Å²) in [5.74, 6) is 0.792. The van der Waals surface area contributed by atoms with Gasteiger partial charge in [-0.1, -0.05) is 12.5 Å². The number of nitrogens with zero attached hydrogens (tertiary/aromatic N) is 3. The summed E-state index contributed by atoms with van der Waals surface area (Å²) in [6.07, 6.45) is 5.09. The van der Waals surface area contributed by atoms with Crippen molar-refractivity contribution < 1.29 is 14.3 Å². The first-order chi connectivity index (χ1) is 12.6. The zero-order chi connectivity index (χ0) is 18.5. The molecule has 142 valence electrons. The van der Waals surface area contributed by atoms with Crippen molar-refractivity contribution in [1.82, 2.24) is 9.80 Å². The topological polar surface area (TPSA) is 53.1 Å². The molecule has 6 nitrogen and oxygen atoms in total. The van der Waals surface area contributed by atoms with Gasteiger partial charge in [-0.15, -0.1) is 0 Å². The number of piperazine rings is 1. The fourth-order valence-corrected chi connectivity index (χ4v) is 3.89. The van der Waals surface area contributed by atoms with Crippen LogP contribution >= 0.6 is 0 Å². The van der Waals surface area contributed by atoms with Gasteiger partial charge >= 0.3 is 0 Å². The van der Waals surface area contributed by atoms with E-state index in [1.165, 1.54) is 19.3 Å². The van der Waals surface area contributed by atoms with Gasteiger partial charge in [-0.2, -0.15) is 0 Å². The molecule has 0 N–H and O–H groups in total. The highest BCUT2D eigenvalue weighted by Gasteiger charge is 2.29. The number of anilines is 1. The Balaban J connectivity index is 1.52. The van der Waals surface area contributed by atoms with Gasteiger partial charge < -0.3 is 19.4 Å². The second-order valence-corrected chi connectivity index (χ2v) is 7.23. The number of rotatable bonds is 5. The monoisotopic (exact) mass is 359 g/mol. The van der Waals surface area contributed by atoms with Crippen LogP contribution in [0.2, 0.25) is 0 Å². The summed E-state index contributed by atoms with van der Waals surface area (Å²) >= 11 is 0. The van der Waals surface area contributed by atoms with Gasteiger partial charge in [0.25, 0.3) is 0 Å². The molecule has 0 spiro atoms. The summed E-state index contributed by atoms with van der Waals surface area (Å²) in [6, 6.07) is 7.99. The van der Waals surface area contributed by atoms with Crippen LogP contribution in [0.5, 0.6) is 5.75 Å². The van der Waals surface area contributed by atoms with E-state index in [2.05, 4.69) is 11.9 Å². The third-order valence-corrected chi connectivity index (χ3v) is 5.55. The number of piperidine rings is 1. The number of likely N-dealkylation sites (tertiary alicyclic amines) is 1. The van der Waals surface area contributed by atoms with Gasteiger partial charge in [0.15, 0.2) is 0 Å². The normalized spacial score (nSPS) is 21.8. The lowest BCUT2D eigenvalue weighted by molar-refractivity contribution is -0.137. The molecule has 2 amide bonds. The molecule has 2 aliphatic heterocycles. The zero-order valence-corrected chi connectivity index (χ0v) is 15.8. The Hall–Kier alpha value is -2.08. The zero-order valence-electron chi connectivity index (χ0n) is 15.8. The highest BCUT2D eigenvalue weighted by molar-refractivity contribution is 5.98. The molecule has 1 unspecified atom stereocenters. The van der Waals surface area contributed by atoms with E-state index in [0.29, 0.717) is 25.6 Å². The molecule has 1 aromatic rings. The largest absolute Gasteiger partial charge is 0.497 e. The van der Waals surface area contributed by atoms with E-state index in [4.69, 9.17) is 4.74 Å². The average molecular weight is 359 g/mol. The van der Waals surface area contributed by atoms with Crippen LogP contribution in [0.4, 0.5) is 5.69 Å². The predicted octanol–water partition coefficient (Wildman–Crippen LogP) is 2.13. The molecule has 0 saturated carbocycles. The van der Waals surface area contributed by atoms with Gasteiger partial charge in [0, 0.05) is 37.3 Å². The molecule has 3 rings (SSSR count). The van der Waals surface area contributed by atoms with Crippen LogP contribution in [0.25, 0.3) is 0 Å². The number of amides is 2. The Morgan fingerprint density at radius 3 is 2.81 bits per heavy atom. The molecular formula is C20H29N3O3. The fraction of sp³-hybridized carbons (Fsp3) is 0.600. The minimum atomic E-state index is -0.0346. The van der Waals surface area contributed by atoms with Crippen LogP contribution in [0, 0.1) is 0 Å². The van der Waals surface area contributed by atoms with Crippen molar-refractivity contribution in [3.05, 3.63) is 24.3 Å². The maximum Gasteiger partial charge on any atom is 0.246 e. The quantitative estimate of drug-likeness (QED) is 0.808. The van der Waals surface area contributed by atoms with E-state index in [9.17, 15) is 9.59 Å². The van der Waals surface area contributed by atoms with Gasteiger partial charge in [-0.05, 0) is 45.0 Å². The van der Waals surface area contributed by atoms with E-state index >= 15 is 0 Å². The molecule has 0 bridgehead atoms. The molecule has 0 radical (unpaired) electrons. The minimum absolute atomic E-state index is 0.0346. The number of ether oxygens (including phenoxy) is 1. The Kier molecular flexibility index (Phi) is 6.14. The van der Waals surface area contributed by atoms with Crippen molar-refractivity contribution in [1.29, 1.82) is 0 Å². The highest BCUT2D eigenvalue weighted by atomic mass is 16.5. The fourth-order valence-electron chi connectivity index (χ4n) is 3.89. The van der Waals surface area contributed by atoms with Crippen molar-refractivity contribution >= 4 is 17.5 Å². The second kappa shape index (κ2) is 8.54. The van der Waals surface area contributed by atoms with Crippen molar-refractivity contribution in [3.8, 4) is 5.75 Å². The third kappa shape index (κ3) is 4.36. The van der Waals surface area contributed by atoms with E-state index in [1.54, 1.807) is 16.9 Å². The van der Waals surface area contributed by atoms with Crippen LogP contribution in [-0.2, 0) is 9.59 Å². The molecular weight excluding hydrogens is 330 g/mol. The predicted molar refractivity (Wildman–Crippen MR) is 101 cm³/mol. The van der Waals surface area contributed by atoms with E-state index in [0.717, 1.165) is 24.4 Å². The molecule has 2 fully saturated rings. The van der Waals surface area contributed by atoms with Crippen LogP contribution in [0.3, 0.4) is 0 Å². The molecule has 6 heteroatoms. The summed E-state index contributed by atoms with van der Waals surface area (Å²) in [5, 5.41) is 0. The lowest BCUT2D eigenvalue weighted by atomic mass is 9.98. The van der Waals surface area contributed by atoms with E-state index in [1.807, 2.05) is 24.3 Å². The van der Waals surface area contributed by atoms with Gasteiger partial charge in [-0.3, -0.25) is 9.59 Å². The number of hydrogen-bond acceptors (Lipinski definition) is 4. The van der Waals surface area contributed by atoms with Crippen LogP contribution in [0.1, 0.15) is 32.1 Å². The Morgan fingerprint density at radius 1 is 1.23 bits per heavy atom. The van der Waals surface area contributed by atoms with Gasteiger partial charge in [0.05, 0.1) is 7.11 Å². The molecule has 2 saturated heterocycles. The Morgan fingerprint density at radius 2 is 2.08 bits per heavy atom. The first kappa shape index (κ1) is 18.7. The van der Waals surface area contributed by atoms with Gasteiger partial charge in [0.1, 0.15) is 12.3 Å². The summed E-state index contributed by atoms with van der Waals surface area (Å²) in [7, 11) is 3.76. The van der Waals surface area contributed by atoms with Crippen molar-refractivity contribution in [2.45, 2.75) is 38.1 Å². The second-order valence-electron chi connectivity index (χ2n) is 7.23. The summed E-state index contributed by atoms with van der Waals surface area (Å²) in [4.78, 5) is 30.9. The SMILES string of the molecule is COc1cccc(N2CCN(C(=O)CCC3CCCCN3C)CC2=O)c1. The molecule has 0 aromatic heterocycles. The first-order valence-electron chi connectivity index (χ1n) is 9.51. The molecule has 2 aliphatic rings. The van der Waals surface area contributed by atoms with Crippen molar-refractivity contribution in [3.63, 3.8) is 0 Å². The highest BCUT2D eigenvalue weighted by Crippen LogP contribution is 2.23. The number of methoxy groups -OCH3 is 1. The Bertz CT molecular complexity index is 649. The van der Waals surface area contributed by atoms with Gasteiger partial charge in [-0.25, -0.2) is 0 Å². The van der Waals surface area contributed by atoms with Crippen molar-refractivity contribution in [2.75, 3.05) is 45.2 Å². The van der Waals surface area contributed by atoms with Crippen LogP contribution in [0.15, 0.2) is 24.3 Å². The number of hydrogen-bond donors (Lipinski definition) is 0. The first-order valence-corrected chi connectivity index (χ1v) is 9.51. The lowest BCUT2D eigenvalue weighted by Gasteiger charge is -2.36. The minimum Gasteiger partial charge on any atom is -0.497 e. The summed E-state index contributed by atoms with van der Waals surface area (Å²) in [5.41, 5.74) is 0.824. The summed E-state index contributed by atoms with van der Waals surface area (Å²) < 4.78 is 5.23. The molecule has 0 aliphatic carbocycles. The molecule has 1 atom stereocenters. The average Bonchev–Trinajstić information content (AvgIpc) is 2.67. The standard InChI is InChI=1S/C20H29N3O3/c1-21-11-4-3-6-16(21)9-10-19(24)22-12-13-23(20(25)15-22)17-7-5-8-18(14-17)26-2/h5,7-8,14,16H,3-4,6,9-13,15H2,1-2H3. The molecule has 1 aromatic carbocycles. The maximum atomic E-state index is 12.6. The molecule has 26 heavy (non-hydrogen) atoms. The number of benzene rings is 1. The van der Waals surface area contributed by atoms with Crippen molar-refractivity contribution in [2.24, 2.45) is 0 Å². The lowest BCUT2D eigenvalue weighted by Crippen LogP contribution is -2.52. The van der Waals surface area contributed by atoms with E-state index < -0.39 is 0 Å². The third-order valence-electron chi connectivity index (χ3n) is 5.55. The summed E-state index contributed by atoms with van der Waals surface area (Å²) in [6.45, 7) is 2.40. The maximum absolute atomic E-state index is 12.6. The molecule has 2 heterocycles. The van der Waals surface area contributed by atoms with E-state index in [-0.39, 0.29) is 18.4 Å². The van der Waals surface area contributed by atoms with Crippen LogP contribution < -0.4 is 9.64 Å². The Labute approximate surface area is 155 Å².